The van der Waals surface area contributed by atoms with Gasteiger partial charge < -0.3 is 14.9 Å². The van der Waals surface area contributed by atoms with Crippen LogP contribution >= 0.6 is 0 Å². The highest BCUT2D eigenvalue weighted by molar-refractivity contribution is 6.02. The number of phenols is 1. The third-order valence-electron chi connectivity index (χ3n) is 16.4. The third-order valence-corrected chi connectivity index (χ3v) is 16.4. The van der Waals surface area contributed by atoms with Crippen LogP contribution in [0.1, 0.15) is 136 Å². The van der Waals surface area contributed by atoms with Gasteiger partial charge in [-0.05, 0) is 129 Å². The highest BCUT2D eigenvalue weighted by Gasteiger charge is 2.73. The molecule has 1 aromatic rings. The fourth-order valence-corrected chi connectivity index (χ4v) is 14.3. The van der Waals surface area contributed by atoms with E-state index in [-0.39, 0.29) is 51.5 Å². The molecule has 0 aromatic heterocycles. The minimum absolute atomic E-state index is 0.0221. The van der Waals surface area contributed by atoms with Gasteiger partial charge in [0.2, 0.25) is 0 Å². The van der Waals surface area contributed by atoms with E-state index in [2.05, 4.69) is 41.5 Å². The van der Waals surface area contributed by atoms with E-state index in [1.54, 1.807) is 12.1 Å². The van der Waals surface area contributed by atoms with Crippen LogP contribution in [0.5, 0.6) is 5.75 Å². The van der Waals surface area contributed by atoms with Crippen molar-refractivity contribution in [1.82, 2.24) is 0 Å². The van der Waals surface area contributed by atoms with Crippen molar-refractivity contribution in [3.63, 3.8) is 0 Å². The summed E-state index contributed by atoms with van der Waals surface area (Å²) in [6, 6.07) is 7.41. The number of carbonyl (C=O) groups excluding carboxylic acids is 2. The number of allylic oxidation sites excluding steroid dienone is 2. The van der Waals surface area contributed by atoms with E-state index in [0.717, 1.165) is 62.5 Å². The van der Waals surface area contributed by atoms with Crippen molar-refractivity contribution in [3.05, 3.63) is 41.0 Å². The van der Waals surface area contributed by atoms with Gasteiger partial charge in [0.1, 0.15) is 17.6 Å². The molecule has 6 fully saturated rings. The molecule has 7 aliphatic rings. The number of hydrogen-bond donors (Lipinski definition) is 2. The number of aliphatic hydroxyl groups excluding tert-OH is 1. The van der Waals surface area contributed by atoms with Gasteiger partial charge in [0, 0.05) is 22.7 Å². The summed E-state index contributed by atoms with van der Waals surface area (Å²) < 4.78 is 6.25. The molecule has 2 N–H and O–H groups in total. The van der Waals surface area contributed by atoms with Crippen LogP contribution in [0.15, 0.2) is 35.4 Å². The molecule has 1 aliphatic heterocycles. The van der Waals surface area contributed by atoms with Crippen molar-refractivity contribution in [3.8, 4) is 5.75 Å². The van der Waals surface area contributed by atoms with Gasteiger partial charge in [0.05, 0.1) is 11.7 Å². The Morgan fingerprint density at radius 1 is 0.936 bits per heavy atom. The lowest BCUT2D eigenvalue weighted by Crippen LogP contribution is -2.66. The first-order chi connectivity index (χ1) is 22.2. The zero-order valence-electron chi connectivity index (χ0n) is 29.7. The van der Waals surface area contributed by atoms with Crippen LogP contribution < -0.4 is 0 Å². The molecule has 0 amide bonds. The van der Waals surface area contributed by atoms with Crippen LogP contribution in [0.4, 0.5) is 0 Å². The van der Waals surface area contributed by atoms with Gasteiger partial charge >= 0.3 is 0 Å². The lowest BCUT2D eigenvalue weighted by Gasteiger charge is -2.71. The fourth-order valence-electron chi connectivity index (χ4n) is 14.3. The van der Waals surface area contributed by atoms with Gasteiger partial charge in [-0.2, -0.15) is 0 Å². The lowest BCUT2D eigenvalue weighted by molar-refractivity contribution is -0.206. The Morgan fingerprint density at radius 2 is 1.68 bits per heavy atom. The van der Waals surface area contributed by atoms with Crippen LogP contribution in [0, 0.1) is 51.2 Å². The summed E-state index contributed by atoms with van der Waals surface area (Å²) in [6.45, 7) is 13.8. The number of ketones is 2. The highest BCUT2D eigenvalue weighted by atomic mass is 16.6. The van der Waals surface area contributed by atoms with E-state index < -0.39 is 11.5 Å². The maximum Gasteiger partial charge on any atom is 0.163 e. The van der Waals surface area contributed by atoms with Crippen LogP contribution in [0.2, 0.25) is 0 Å². The number of epoxide rings is 1. The molecule has 5 heteroatoms. The van der Waals surface area contributed by atoms with Gasteiger partial charge in [-0.1, -0.05) is 71.6 Å². The second kappa shape index (κ2) is 10.5. The summed E-state index contributed by atoms with van der Waals surface area (Å²) in [5.74, 6) is 2.05. The second-order valence-electron chi connectivity index (χ2n) is 18.6. The second-order valence-corrected chi connectivity index (χ2v) is 18.6. The van der Waals surface area contributed by atoms with Crippen LogP contribution in [-0.2, 0) is 14.3 Å². The summed E-state index contributed by atoms with van der Waals surface area (Å²) in [5, 5.41) is 21.9. The SMILES string of the molecule is C[C@H](C[C@@H](O)[C@@H]1O[C@]1(C)C1CCCC1)C1=C2CC[C@H]3[C@@]4(C)C[C@@H](c5cccc(O)c5)C(=O)C(C)(C)[C@@H]4CC[C@]34CCC[C@@H](C1=O)[C@@]24C. The monoisotopic (exact) mass is 642 g/mol. The minimum atomic E-state index is -0.539. The Balaban J connectivity index is 1.13. The lowest BCUT2D eigenvalue weighted by atomic mass is 9.32. The summed E-state index contributed by atoms with van der Waals surface area (Å²) in [4.78, 5) is 28.9. The Hall–Kier alpha value is -1.98. The molecule has 5 nitrogen and oxygen atoms in total. The first-order valence-electron chi connectivity index (χ1n) is 19.2. The Bertz CT molecular complexity index is 1520. The fraction of sp³-hybridized carbons (Fsp3) is 0.762. The van der Waals surface area contributed by atoms with Crippen molar-refractivity contribution >= 4 is 11.6 Å². The van der Waals surface area contributed by atoms with Crippen molar-refractivity contribution < 1.29 is 24.5 Å². The average Bonchev–Trinajstić information content (AvgIpc) is 3.32. The molecule has 11 atom stereocenters. The molecule has 0 bridgehead atoms. The zero-order chi connectivity index (χ0) is 33.3. The number of phenolic OH excluding ortho intramolecular Hbond substituents is 1. The zero-order valence-corrected chi connectivity index (χ0v) is 29.7. The summed E-state index contributed by atoms with van der Waals surface area (Å²) >= 11 is 0. The molecule has 1 heterocycles. The first kappa shape index (κ1) is 32.2. The number of carbonyl (C=O) groups is 2. The molecular weight excluding hydrogens is 584 g/mol. The number of hydrogen-bond acceptors (Lipinski definition) is 5. The van der Waals surface area contributed by atoms with Crippen molar-refractivity contribution in [2.45, 2.75) is 149 Å². The van der Waals surface area contributed by atoms with Gasteiger partial charge in [-0.25, -0.2) is 0 Å². The molecule has 1 saturated heterocycles. The number of rotatable bonds is 6. The number of benzene rings is 1. The Labute approximate surface area is 282 Å². The first-order valence-corrected chi connectivity index (χ1v) is 19.2. The molecule has 5 saturated carbocycles. The molecule has 47 heavy (non-hydrogen) atoms. The number of fused-ring (bicyclic) bond motifs is 2. The van der Waals surface area contributed by atoms with Gasteiger partial charge in [0.25, 0.3) is 0 Å². The normalized spacial score (nSPS) is 45.3. The van der Waals surface area contributed by atoms with Gasteiger partial charge in [-0.15, -0.1) is 0 Å². The number of Topliss-reactive ketones (excluding diaryl/α,β-unsaturated/α-hetero) is 2. The van der Waals surface area contributed by atoms with E-state index in [9.17, 15) is 19.8 Å². The van der Waals surface area contributed by atoms with E-state index in [1.165, 1.54) is 31.3 Å². The summed E-state index contributed by atoms with van der Waals surface area (Å²) in [7, 11) is 0. The van der Waals surface area contributed by atoms with E-state index >= 15 is 0 Å². The predicted octanol–water partition coefficient (Wildman–Crippen LogP) is 8.71. The van der Waals surface area contributed by atoms with Crippen molar-refractivity contribution in [2.24, 2.45) is 51.2 Å². The molecule has 0 radical (unpaired) electrons. The predicted molar refractivity (Wildman–Crippen MR) is 183 cm³/mol. The molecule has 6 aliphatic carbocycles. The van der Waals surface area contributed by atoms with Crippen molar-refractivity contribution in [2.75, 3.05) is 0 Å². The number of ether oxygens (including phenoxy) is 1. The summed E-state index contributed by atoms with van der Waals surface area (Å²) in [5.41, 5.74) is 2.63. The maximum absolute atomic E-state index is 14.6. The van der Waals surface area contributed by atoms with Crippen LogP contribution in [-0.4, -0.2) is 39.6 Å². The Kier molecular flexibility index (Phi) is 7.21. The maximum atomic E-state index is 14.6. The van der Waals surface area contributed by atoms with Gasteiger partial charge in [0.15, 0.2) is 5.78 Å². The molecule has 8 rings (SSSR count). The number of aliphatic hydroxyl groups is 1. The van der Waals surface area contributed by atoms with E-state index in [1.807, 2.05) is 12.1 Å². The topological polar surface area (TPSA) is 87.1 Å². The molecule has 1 spiro atoms. The van der Waals surface area contributed by atoms with Crippen LogP contribution in [0.3, 0.4) is 0 Å². The quantitative estimate of drug-likeness (QED) is 0.303. The molecule has 1 aromatic carbocycles. The van der Waals surface area contributed by atoms with E-state index in [0.29, 0.717) is 35.7 Å². The number of aromatic hydroxyl groups is 1. The highest BCUT2D eigenvalue weighted by Crippen LogP contribution is 2.78. The largest absolute Gasteiger partial charge is 0.508 e. The Morgan fingerprint density at radius 3 is 2.40 bits per heavy atom. The smallest absolute Gasteiger partial charge is 0.163 e. The molecule has 0 unspecified atom stereocenters. The third kappa shape index (κ3) is 4.20. The van der Waals surface area contributed by atoms with Crippen LogP contribution in [0.25, 0.3) is 0 Å². The van der Waals surface area contributed by atoms with Crippen molar-refractivity contribution in [1.29, 1.82) is 0 Å². The van der Waals surface area contributed by atoms with E-state index in [4.69, 9.17) is 4.74 Å². The summed E-state index contributed by atoms with van der Waals surface area (Å²) in [6.07, 6.45) is 13.1. The molecular formula is C42H58O5. The minimum Gasteiger partial charge on any atom is -0.508 e. The standard InChI is InChI=1S/C42H58O5/c1-24(21-31(44)37-41(6,47-37)26-12-7-8-13-26)34-29-16-17-33-39(4)23-28(25-11-9-14-27(43)22-25)36(46)38(2,3)32(39)18-20-42(33)19-10-15-30(35(34)45)40(29,42)5/h9,11,14,22,24,26,28,30-33,37,43-44H,7-8,10,12-13,15-21,23H2,1-6H3/t24-,28+,30+,31-,32+,33+,37+,39+,40-,41-,42-/m1/s1. The molecule has 256 valence electrons. The average molecular weight is 643 g/mol. The van der Waals surface area contributed by atoms with Gasteiger partial charge in [-0.3, -0.25) is 9.59 Å².